The largest absolute Gasteiger partial charge is 0.465 e. The predicted molar refractivity (Wildman–Crippen MR) is 338 cm³/mol. The number of para-hydroxylation sites is 1. The molecule has 486 valence electrons. The number of esters is 2. The molecule has 0 radical (unpaired) electrons. The van der Waals surface area contributed by atoms with Crippen LogP contribution in [0.15, 0.2) is 72.3 Å². The van der Waals surface area contributed by atoms with Gasteiger partial charge in [0.15, 0.2) is 6.29 Å². The van der Waals surface area contributed by atoms with E-state index in [1.807, 2.05) is 66.8 Å². The van der Waals surface area contributed by atoms with Gasteiger partial charge in [-0.25, -0.2) is 9.48 Å². The Kier molecular flexibility index (Phi) is 30.2. The Morgan fingerprint density at radius 3 is 2.19 bits per heavy atom. The van der Waals surface area contributed by atoms with E-state index < -0.39 is 71.3 Å². The number of hydrogen-bond acceptors (Lipinski definition) is 24. The van der Waals surface area contributed by atoms with Crippen molar-refractivity contribution in [2.75, 3.05) is 102 Å². The van der Waals surface area contributed by atoms with Crippen LogP contribution in [-0.4, -0.2) is 203 Å². The minimum atomic E-state index is -1.51. The maximum absolute atomic E-state index is 14.1. The van der Waals surface area contributed by atoms with E-state index in [2.05, 4.69) is 32.3 Å². The molecular weight excluding hydrogens is 1230 g/mol. The Morgan fingerprint density at radius 2 is 1.51 bits per heavy atom. The minimum Gasteiger partial charge on any atom is -0.465 e. The zero-order valence-corrected chi connectivity index (χ0v) is 53.7. The number of fused-ring (bicyclic) bond motifs is 5. The van der Waals surface area contributed by atoms with Crippen LogP contribution in [0.3, 0.4) is 0 Å². The van der Waals surface area contributed by atoms with Crippen molar-refractivity contribution in [2.24, 2.45) is 5.41 Å². The number of anilines is 1. The summed E-state index contributed by atoms with van der Waals surface area (Å²) < 4.78 is 45.2. The molecule has 6 rings (SSSR count). The van der Waals surface area contributed by atoms with Crippen LogP contribution in [0.2, 0.25) is 0 Å². The highest BCUT2D eigenvalue weighted by Crippen LogP contribution is 2.44. The van der Waals surface area contributed by atoms with E-state index >= 15 is 0 Å². The number of allylic oxidation sites excluding steroid dienone is 3. The molecule has 29 heteroatoms. The molecule has 4 amide bonds. The fourth-order valence-electron chi connectivity index (χ4n) is 9.77. The monoisotopic (exact) mass is 1310 g/mol. The van der Waals surface area contributed by atoms with Gasteiger partial charge in [-0.2, -0.15) is 5.26 Å². The highest BCUT2D eigenvalue weighted by molar-refractivity contribution is 8.76. The van der Waals surface area contributed by atoms with E-state index in [9.17, 15) is 49.3 Å². The molecule has 1 aliphatic carbocycles. The van der Waals surface area contributed by atoms with Crippen LogP contribution in [0.4, 0.5) is 10.5 Å². The number of hydrogen-bond donors (Lipinski definition) is 6. The van der Waals surface area contributed by atoms with E-state index in [0.29, 0.717) is 40.2 Å². The average Bonchev–Trinajstić information content (AvgIpc) is 1.75. The molecule has 0 spiro atoms. The Balaban J connectivity index is 0.895. The SMILES string of the molecule is CC(=O)NC1C(OCCNC(=O)C(C)(CC(C)(C#N)CCC(=O)OCCOCCOCCOCCn2nnc3c2-c2ccccc2N(C(=O)CCNC(=O)OCCSSCCOC(C)=O)Cc2ccccc2-3)SC(=S)C2=CCCC=C2)OC(CO)C(O)C1O. The summed E-state index contributed by atoms with van der Waals surface area (Å²) >= 11 is 6.94. The van der Waals surface area contributed by atoms with Gasteiger partial charge in [0.05, 0.1) is 97.8 Å². The minimum absolute atomic E-state index is 0.00212. The molecule has 2 aromatic carbocycles. The number of rotatable bonds is 36. The van der Waals surface area contributed by atoms with Crippen molar-refractivity contribution in [2.45, 2.75) is 115 Å². The third-order valence-corrected chi connectivity index (χ3v) is 18.2. The molecule has 3 aliphatic rings. The normalized spacial score (nSPS) is 19.0. The maximum Gasteiger partial charge on any atom is 0.407 e. The van der Waals surface area contributed by atoms with Gasteiger partial charge < -0.3 is 74.1 Å². The van der Waals surface area contributed by atoms with E-state index in [4.69, 9.17) is 50.1 Å². The number of benzene rings is 2. The second-order valence-electron chi connectivity index (χ2n) is 21.2. The van der Waals surface area contributed by atoms with E-state index in [1.165, 1.54) is 35.4 Å². The number of aliphatic hydroxyl groups excluding tert-OH is 3. The third kappa shape index (κ3) is 22.7. The van der Waals surface area contributed by atoms with Crippen molar-refractivity contribution in [3.05, 3.63) is 77.9 Å². The number of nitrogens with zero attached hydrogens (tertiary/aromatic N) is 5. The molecule has 0 saturated carbocycles. The van der Waals surface area contributed by atoms with Gasteiger partial charge in [0.25, 0.3) is 0 Å². The molecule has 1 fully saturated rings. The van der Waals surface area contributed by atoms with Crippen LogP contribution in [0.1, 0.15) is 71.8 Å². The van der Waals surface area contributed by atoms with Crippen LogP contribution in [0.25, 0.3) is 22.5 Å². The Labute approximate surface area is 535 Å². The lowest BCUT2D eigenvalue weighted by molar-refractivity contribution is -0.269. The Morgan fingerprint density at radius 1 is 0.820 bits per heavy atom. The number of alkyl carbamates (subject to hydrolysis) is 1. The standard InChI is InChI=1S/C60H80N8O17S4/c1-40(70)64-51-54(75)53(74)47(37-69)85-55(51)83-24-22-62-57(76)60(4,89-56(86)42-12-6-5-7-13-42)38-59(3,39-61)20-18-49(73)82-31-30-80-29-28-79-27-26-78-25-23-68-52-45-16-10-11-17-46(45)67(36-43-14-8-9-15-44(43)50(52)65-66-68)48(72)19-21-63-58(77)84-33-35-88-87-34-32-81-41(2)71/h6,8-17,47,51,53-55,69,74-75H,5,7,18-38H2,1-4H3,(H,62,76)(H,63,77)(H,64,70). The summed E-state index contributed by atoms with van der Waals surface area (Å²) in [5, 5.41) is 58.3. The van der Waals surface area contributed by atoms with Crippen molar-refractivity contribution in [1.29, 1.82) is 5.26 Å². The second kappa shape index (κ2) is 37.4. The molecule has 2 aliphatic heterocycles. The molecule has 0 bridgehead atoms. The molecule has 3 heterocycles. The van der Waals surface area contributed by atoms with Gasteiger partial charge in [0.2, 0.25) is 17.7 Å². The first-order valence-electron chi connectivity index (χ1n) is 29.3. The van der Waals surface area contributed by atoms with Crippen molar-refractivity contribution in [3.8, 4) is 28.6 Å². The van der Waals surface area contributed by atoms with Gasteiger partial charge in [-0.15, -0.1) is 5.10 Å². The molecule has 3 aromatic rings. The lowest BCUT2D eigenvalue weighted by atomic mass is 9.78. The van der Waals surface area contributed by atoms with Gasteiger partial charge in [-0.05, 0) is 56.7 Å². The lowest BCUT2D eigenvalue weighted by Gasteiger charge is -2.42. The predicted octanol–water partition coefficient (Wildman–Crippen LogP) is 4.98. The number of ether oxygens (including phenoxy) is 8. The molecule has 1 saturated heterocycles. The van der Waals surface area contributed by atoms with Gasteiger partial charge >= 0.3 is 18.0 Å². The van der Waals surface area contributed by atoms with Crippen LogP contribution < -0.4 is 20.9 Å². The Bertz CT molecular complexity index is 2970. The highest BCUT2D eigenvalue weighted by Gasteiger charge is 2.46. The zero-order valence-electron chi connectivity index (χ0n) is 50.4. The first-order chi connectivity index (χ1) is 42.9. The zero-order chi connectivity index (χ0) is 64.2. The van der Waals surface area contributed by atoms with Crippen LogP contribution >= 0.6 is 45.6 Å². The average molecular weight is 1310 g/mol. The third-order valence-electron chi connectivity index (χ3n) is 14.2. The number of aromatic nitrogens is 3. The molecule has 89 heavy (non-hydrogen) atoms. The van der Waals surface area contributed by atoms with Gasteiger partial charge in [-0.1, -0.05) is 111 Å². The Hall–Kier alpha value is -6.01. The van der Waals surface area contributed by atoms with Crippen LogP contribution in [0, 0.1) is 16.7 Å². The quantitative estimate of drug-likeness (QED) is 0.0147. The van der Waals surface area contributed by atoms with E-state index in [0.717, 1.165) is 52.6 Å². The summed E-state index contributed by atoms with van der Waals surface area (Å²) in [4.78, 5) is 78.0. The fourth-order valence-corrected chi connectivity index (χ4v) is 13.4. The number of thioether (sulfide) groups is 1. The molecular formula is C60H80N8O17S4. The summed E-state index contributed by atoms with van der Waals surface area (Å²) in [5.41, 5.74) is 4.12. The number of thiocarbonyl (C=S) groups is 1. The van der Waals surface area contributed by atoms with Gasteiger partial charge in [-0.3, -0.25) is 24.0 Å². The highest BCUT2D eigenvalue weighted by atomic mass is 33.1. The number of nitrogens with one attached hydrogen (secondary N) is 3. The van der Waals surface area contributed by atoms with Gasteiger partial charge in [0.1, 0.15) is 49.9 Å². The van der Waals surface area contributed by atoms with Crippen molar-refractivity contribution >= 4 is 91.2 Å². The first-order valence-corrected chi connectivity index (χ1v) is 33.0. The molecule has 7 atom stereocenters. The van der Waals surface area contributed by atoms with Crippen molar-refractivity contribution in [3.63, 3.8) is 0 Å². The summed E-state index contributed by atoms with van der Waals surface area (Å²) in [6.07, 6.45) is 1.42. The number of amides is 4. The second-order valence-corrected chi connectivity index (χ2v) is 26.1. The fraction of sp³-hybridized carbons (Fsp3) is 0.567. The number of carbonyl (C=O) groups is 6. The van der Waals surface area contributed by atoms with E-state index in [-0.39, 0.29) is 117 Å². The van der Waals surface area contributed by atoms with Crippen LogP contribution in [-0.2, 0) is 75.0 Å². The smallest absolute Gasteiger partial charge is 0.407 e. The first kappa shape index (κ1) is 72.1. The van der Waals surface area contributed by atoms with Gasteiger partial charge in [0, 0.05) is 62.4 Å². The van der Waals surface area contributed by atoms with Crippen molar-refractivity contribution < 1.29 is 82.0 Å². The summed E-state index contributed by atoms with van der Waals surface area (Å²) in [6, 6.07) is 16.4. The molecule has 6 N–H and O–H groups in total. The van der Waals surface area contributed by atoms with E-state index in [1.54, 1.807) is 23.4 Å². The number of aliphatic hydroxyl groups is 3. The lowest BCUT2D eigenvalue weighted by Crippen LogP contribution is -2.64. The molecule has 7 unspecified atom stereocenters. The number of carbonyl (C=O) groups excluding carboxylic acids is 6. The molecule has 1 aromatic heterocycles. The van der Waals surface area contributed by atoms with Crippen LogP contribution in [0.5, 0.6) is 0 Å². The van der Waals surface area contributed by atoms with Crippen molar-refractivity contribution in [1.82, 2.24) is 30.9 Å². The summed E-state index contributed by atoms with van der Waals surface area (Å²) in [6.45, 7) is 7.64. The summed E-state index contributed by atoms with van der Waals surface area (Å²) in [5.74, 6) is -0.888. The number of nitriles is 1. The maximum atomic E-state index is 14.1. The molecule has 25 nitrogen and oxygen atoms in total. The summed E-state index contributed by atoms with van der Waals surface area (Å²) in [7, 11) is 3.01. The topological polar surface area (TPSA) is 331 Å².